The Morgan fingerprint density at radius 2 is 2.00 bits per heavy atom. The van der Waals surface area contributed by atoms with Crippen LogP contribution in [0.1, 0.15) is 6.42 Å². The molecular formula is C7H16GeO2. The number of rotatable bonds is 2. The molecule has 1 rings (SSSR count). The van der Waals surface area contributed by atoms with Gasteiger partial charge in [-0.25, -0.2) is 0 Å². The molecule has 60 valence electrons. The summed E-state index contributed by atoms with van der Waals surface area (Å²) in [6.45, 7) is 0. The van der Waals surface area contributed by atoms with Crippen molar-refractivity contribution < 1.29 is 9.84 Å². The zero-order valence-corrected chi connectivity index (χ0v) is 9.24. The van der Waals surface area contributed by atoms with Gasteiger partial charge >= 0.3 is 64.4 Å². The Hall–Kier alpha value is 0.463. The van der Waals surface area contributed by atoms with Crippen molar-refractivity contribution in [3.05, 3.63) is 0 Å². The topological polar surface area (TPSA) is 29.5 Å². The number of hydrogen-bond acceptors (Lipinski definition) is 2. The quantitative estimate of drug-likeness (QED) is 0.545. The van der Waals surface area contributed by atoms with E-state index in [9.17, 15) is 5.11 Å². The van der Waals surface area contributed by atoms with E-state index in [1.807, 2.05) is 0 Å². The van der Waals surface area contributed by atoms with Crippen LogP contribution < -0.4 is 0 Å². The monoisotopic (exact) mass is 206 g/mol. The minimum atomic E-state index is -1.62. The Balaban J connectivity index is 2.52. The van der Waals surface area contributed by atoms with E-state index in [0.717, 1.165) is 6.42 Å². The minimum absolute atomic E-state index is 0.498. The third kappa shape index (κ3) is 1.38. The number of hydrogen-bond donors (Lipinski definition) is 1. The van der Waals surface area contributed by atoms with Crippen LogP contribution in [0.5, 0.6) is 0 Å². The van der Waals surface area contributed by atoms with E-state index in [1.54, 1.807) is 7.11 Å². The third-order valence-corrected chi connectivity index (χ3v) is 8.04. The molecule has 2 nitrogen and oxygen atoms in total. The van der Waals surface area contributed by atoms with Crippen LogP contribution in [0.2, 0.25) is 22.0 Å². The molecule has 2 atom stereocenters. The van der Waals surface area contributed by atoms with Crippen LogP contribution >= 0.6 is 0 Å². The summed E-state index contributed by atoms with van der Waals surface area (Å²) in [6.07, 6.45) is 0.868. The average Bonchev–Trinajstić information content (AvgIpc) is 2.43. The fourth-order valence-electron chi connectivity index (χ4n) is 1.44. The first-order valence-electron chi connectivity index (χ1n) is 3.68. The fraction of sp³-hybridized carbons (Fsp3) is 1.00. The molecule has 0 amide bonds. The van der Waals surface area contributed by atoms with Crippen LogP contribution in [-0.4, -0.2) is 31.3 Å². The van der Waals surface area contributed by atoms with Crippen LogP contribution in [0.4, 0.5) is 0 Å². The Kier molecular flexibility index (Phi) is 1.90. The van der Waals surface area contributed by atoms with Gasteiger partial charge in [0.15, 0.2) is 0 Å². The molecule has 1 N–H and O–H groups in total. The van der Waals surface area contributed by atoms with Gasteiger partial charge in [0.1, 0.15) is 0 Å². The predicted octanol–water partition coefficient (Wildman–Crippen LogP) is 1.43. The molecule has 3 heteroatoms. The van der Waals surface area contributed by atoms with Gasteiger partial charge in [0.25, 0.3) is 0 Å². The van der Waals surface area contributed by atoms with Gasteiger partial charge in [0.2, 0.25) is 0 Å². The Morgan fingerprint density at radius 3 is 2.10 bits per heavy atom. The average molecular weight is 205 g/mol. The van der Waals surface area contributed by atoms with Crippen LogP contribution in [0.15, 0.2) is 0 Å². The molecule has 10 heavy (non-hydrogen) atoms. The van der Waals surface area contributed by atoms with Crippen LogP contribution in [0.25, 0.3) is 0 Å². The molecule has 1 aliphatic rings. The van der Waals surface area contributed by atoms with E-state index in [-0.39, 0.29) is 0 Å². The number of methoxy groups -OCH3 is 1. The molecule has 0 aromatic heterocycles. The Morgan fingerprint density at radius 1 is 1.50 bits per heavy atom. The van der Waals surface area contributed by atoms with E-state index in [4.69, 9.17) is 4.74 Å². The third-order valence-electron chi connectivity index (χ3n) is 2.28. The molecular weight excluding hydrogens is 189 g/mol. The first-order chi connectivity index (χ1) is 4.40. The van der Waals surface area contributed by atoms with Gasteiger partial charge in [-0.15, -0.1) is 0 Å². The van der Waals surface area contributed by atoms with Crippen LogP contribution in [-0.2, 0) is 4.74 Å². The van der Waals surface area contributed by atoms with Crippen molar-refractivity contribution in [2.24, 2.45) is 0 Å². The fourth-order valence-corrected chi connectivity index (χ4v) is 6.43. The summed E-state index contributed by atoms with van der Waals surface area (Å²) in [7, 11) is 1.59. The SMILES string of the molecule is COC1(O)C[CH]1[Ge]([CH3])([CH3])[CH3]. The molecule has 0 aliphatic heterocycles. The molecule has 0 radical (unpaired) electrons. The van der Waals surface area contributed by atoms with Gasteiger partial charge in [-0.2, -0.15) is 0 Å². The zero-order valence-electron chi connectivity index (χ0n) is 7.14. The molecule has 2 unspecified atom stereocenters. The first-order valence-corrected chi connectivity index (χ1v) is 11.2. The molecule has 1 aliphatic carbocycles. The second-order valence-corrected chi connectivity index (χ2v) is 15.6. The van der Waals surface area contributed by atoms with Gasteiger partial charge in [0, 0.05) is 0 Å². The van der Waals surface area contributed by atoms with Crippen LogP contribution in [0, 0.1) is 0 Å². The Bertz CT molecular complexity index is 141. The normalized spacial score (nSPS) is 39.9. The van der Waals surface area contributed by atoms with Crippen molar-refractivity contribution in [1.82, 2.24) is 0 Å². The molecule has 0 saturated heterocycles. The molecule has 1 saturated carbocycles. The van der Waals surface area contributed by atoms with Crippen molar-refractivity contribution in [2.75, 3.05) is 7.11 Å². The van der Waals surface area contributed by atoms with E-state index < -0.39 is 19.1 Å². The van der Waals surface area contributed by atoms with Gasteiger partial charge in [-0.1, -0.05) is 0 Å². The summed E-state index contributed by atoms with van der Waals surface area (Å²) >= 11 is -1.62. The van der Waals surface area contributed by atoms with E-state index in [2.05, 4.69) is 17.3 Å². The van der Waals surface area contributed by atoms with Crippen LogP contribution in [0.3, 0.4) is 0 Å². The van der Waals surface area contributed by atoms with E-state index in [1.165, 1.54) is 0 Å². The summed E-state index contributed by atoms with van der Waals surface area (Å²) < 4.78 is 5.49. The summed E-state index contributed by atoms with van der Waals surface area (Å²) in [5.74, 6) is 6.20. The van der Waals surface area contributed by atoms with Crippen molar-refractivity contribution in [3.8, 4) is 0 Å². The van der Waals surface area contributed by atoms with Crippen molar-refractivity contribution in [3.63, 3.8) is 0 Å². The molecule has 0 spiro atoms. The molecule has 1 fully saturated rings. The summed E-state index contributed by atoms with van der Waals surface area (Å²) in [4.78, 5) is 0. The van der Waals surface area contributed by atoms with Gasteiger partial charge in [-0.3, -0.25) is 0 Å². The number of ether oxygens (including phenoxy) is 1. The van der Waals surface area contributed by atoms with Crippen molar-refractivity contribution in [2.45, 2.75) is 34.2 Å². The summed E-state index contributed by atoms with van der Waals surface area (Å²) in [5.41, 5.74) is 0. The number of aliphatic hydroxyl groups is 1. The van der Waals surface area contributed by atoms with Crippen molar-refractivity contribution >= 4 is 13.3 Å². The molecule has 0 aromatic rings. The molecule has 0 aromatic carbocycles. The second-order valence-electron chi connectivity index (χ2n) is 4.17. The predicted molar refractivity (Wildman–Crippen MR) is 43.7 cm³/mol. The van der Waals surface area contributed by atoms with Gasteiger partial charge < -0.3 is 0 Å². The summed E-state index contributed by atoms with van der Waals surface area (Å²) in [5, 5.41) is 9.56. The second kappa shape index (κ2) is 2.22. The van der Waals surface area contributed by atoms with Crippen molar-refractivity contribution in [1.29, 1.82) is 0 Å². The molecule has 0 heterocycles. The first kappa shape index (κ1) is 8.56. The zero-order chi connectivity index (χ0) is 7.99. The maximum absolute atomic E-state index is 9.56. The van der Waals surface area contributed by atoms with E-state index in [0.29, 0.717) is 4.75 Å². The standard InChI is InChI=1S/C7H16GeO2/c1-8(2,3)6-5-7(6,9)10-4/h6,9H,5H2,1-4H3. The van der Waals surface area contributed by atoms with Gasteiger partial charge in [0.05, 0.1) is 0 Å². The summed E-state index contributed by atoms with van der Waals surface area (Å²) in [6, 6.07) is 0. The Labute approximate surface area is 64.9 Å². The van der Waals surface area contributed by atoms with E-state index >= 15 is 0 Å². The molecule has 0 bridgehead atoms. The maximum atomic E-state index is 9.56. The van der Waals surface area contributed by atoms with Gasteiger partial charge in [-0.05, 0) is 0 Å².